The van der Waals surface area contributed by atoms with Crippen molar-refractivity contribution in [2.45, 2.75) is 13.5 Å². The molecule has 0 unspecified atom stereocenters. The lowest BCUT2D eigenvalue weighted by atomic mass is 10.2. The van der Waals surface area contributed by atoms with Crippen LogP contribution in [0.3, 0.4) is 0 Å². The van der Waals surface area contributed by atoms with Gasteiger partial charge >= 0.3 is 0 Å². The summed E-state index contributed by atoms with van der Waals surface area (Å²) in [6.07, 6.45) is 3.45. The molecule has 2 N–H and O–H groups in total. The van der Waals surface area contributed by atoms with Crippen molar-refractivity contribution in [1.82, 2.24) is 9.55 Å². The van der Waals surface area contributed by atoms with Crippen LogP contribution < -0.4 is 5.73 Å². The van der Waals surface area contributed by atoms with Gasteiger partial charge in [-0.15, -0.1) is 0 Å². The fourth-order valence-electron chi connectivity index (χ4n) is 1.46. The van der Waals surface area contributed by atoms with Crippen molar-refractivity contribution in [3.8, 4) is 5.69 Å². The minimum Gasteiger partial charge on any atom is -0.325 e. The van der Waals surface area contributed by atoms with Crippen LogP contribution >= 0.6 is 0 Å². The third kappa shape index (κ3) is 1.89. The van der Waals surface area contributed by atoms with E-state index in [4.69, 9.17) is 5.73 Å². The molecule has 1 heterocycles. The van der Waals surface area contributed by atoms with E-state index < -0.39 is 0 Å². The van der Waals surface area contributed by atoms with Gasteiger partial charge in [0.2, 0.25) is 0 Å². The van der Waals surface area contributed by atoms with Crippen LogP contribution in [0.15, 0.2) is 30.7 Å². The molecule has 0 amide bonds. The number of imidazole rings is 1. The second-order valence-electron chi connectivity index (χ2n) is 3.41. The first-order chi connectivity index (χ1) is 7.20. The van der Waals surface area contributed by atoms with E-state index in [0.717, 1.165) is 16.9 Å². The van der Waals surface area contributed by atoms with Gasteiger partial charge in [-0.1, -0.05) is 6.07 Å². The quantitative estimate of drug-likeness (QED) is 0.812. The van der Waals surface area contributed by atoms with Crippen molar-refractivity contribution in [1.29, 1.82) is 0 Å². The first-order valence-corrected chi connectivity index (χ1v) is 4.70. The third-order valence-corrected chi connectivity index (χ3v) is 2.29. The summed E-state index contributed by atoms with van der Waals surface area (Å²) in [6.45, 7) is 2.32. The zero-order valence-corrected chi connectivity index (χ0v) is 8.44. The Labute approximate surface area is 87.4 Å². The standard InChI is InChI=1S/C11H12FN3/c1-8-2-3-9(12)4-11(8)15-6-10(5-13)14-7-15/h2-4,6-7H,5,13H2,1H3. The monoisotopic (exact) mass is 205 g/mol. The molecule has 1 aromatic carbocycles. The van der Waals surface area contributed by atoms with Crippen LogP contribution in [0.2, 0.25) is 0 Å². The van der Waals surface area contributed by atoms with Gasteiger partial charge < -0.3 is 10.3 Å². The molecule has 0 saturated heterocycles. The summed E-state index contributed by atoms with van der Waals surface area (Å²) in [5.74, 6) is -0.251. The number of benzene rings is 1. The molecule has 0 spiro atoms. The molecule has 0 atom stereocenters. The summed E-state index contributed by atoms with van der Waals surface area (Å²) in [5, 5.41) is 0. The third-order valence-electron chi connectivity index (χ3n) is 2.29. The number of nitrogens with zero attached hydrogens (tertiary/aromatic N) is 2. The van der Waals surface area contributed by atoms with Gasteiger partial charge in [-0.3, -0.25) is 0 Å². The van der Waals surface area contributed by atoms with E-state index in [2.05, 4.69) is 4.98 Å². The van der Waals surface area contributed by atoms with Gasteiger partial charge in [0.05, 0.1) is 17.7 Å². The van der Waals surface area contributed by atoms with Crippen molar-refractivity contribution in [3.63, 3.8) is 0 Å². The fourth-order valence-corrected chi connectivity index (χ4v) is 1.46. The summed E-state index contributed by atoms with van der Waals surface area (Å²) in [6, 6.07) is 4.67. The van der Waals surface area contributed by atoms with E-state index in [1.165, 1.54) is 12.1 Å². The van der Waals surface area contributed by atoms with Crippen molar-refractivity contribution in [2.75, 3.05) is 0 Å². The number of rotatable bonds is 2. The molecular weight excluding hydrogens is 193 g/mol. The van der Waals surface area contributed by atoms with Gasteiger partial charge in [0.25, 0.3) is 0 Å². The SMILES string of the molecule is Cc1ccc(F)cc1-n1cnc(CN)c1. The smallest absolute Gasteiger partial charge is 0.125 e. The lowest BCUT2D eigenvalue weighted by Crippen LogP contribution is -1.97. The number of hydrogen-bond donors (Lipinski definition) is 1. The molecule has 4 heteroatoms. The van der Waals surface area contributed by atoms with Crippen molar-refractivity contribution < 1.29 is 4.39 Å². The van der Waals surface area contributed by atoms with Crippen molar-refractivity contribution in [2.24, 2.45) is 5.73 Å². The number of aryl methyl sites for hydroxylation is 1. The largest absolute Gasteiger partial charge is 0.325 e. The Balaban J connectivity index is 2.48. The zero-order chi connectivity index (χ0) is 10.8. The van der Waals surface area contributed by atoms with Crippen LogP contribution in [0.25, 0.3) is 5.69 Å². The molecular formula is C11H12FN3. The van der Waals surface area contributed by atoms with Crippen LogP contribution in [0.1, 0.15) is 11.3 Å². The fraction of sp³-hybridized carbons (Fsp3) is 0.182. The van der Waals surface area contributed by atoms with Gasteiger partial charge in [0.15, 0.2) is 0 Å². The molecule has 2 aromatic rings. The van der Waals surface area contributed by atoms with Gasteiger partial charge in [0.1, 0.15) is 5.82 Å². The number of hydrogen-bond acceptors (Lipinski definition) is 2. The Kier molecular flexibility index (Phi) is 2.51. The first-order valence-electron chi connectivity index (χ1n) is 4.70. The molecule has 3 nitrogen and oxygen atoms in total. The summed E-state index contributed by atoms with van der Waals surface area (Å²) >= 11 is 0. The van der Waals surface area contributed by atoms with Gasteiger partial charge in [0, 0.05) is 12.7 Å². The first kappa shape index (κ1) is 9.86. The second-order valence-corrected chi connectivity index (χ2v) is 3.41. The van der Waals surface area contributed by atoms with E-state index in [-0.39, 0.29) is 5.82 Å². The minimum atomic E-state index is -0.251. The predicted molar refractivity (Wildman–Crippen MR) is 56.2 cm³/mol. The number of nitrogens with two attached hydrogens (primary N) is 1. The lowest BCUT2D eigenvalue weighted by molar-refractivity contribution is 0.626. The maximum atomic E-state index is 13.1. The zero-order valence-electron chi connectivity index (χ0n) is 8.44. The summed E-state index contributed by atoms with van der Waals surface area (Å²) in [5.41, 5.74) is 8.04. The Morgan fingerprint density at radius 1 is 1.47 bits per heavy atom. The van der Waals surface area contributed by atoms with E-state index >= 15 is 0 Å². The Morgan fingerprint density at radius 2 is 2.27 bits per heavy atom. The second kappa shape index (κ2) is 3.82. The van der Waals surface area contributed by atoms with Crippen molar-refractivity contribution >= 4 is 0 Å². The maximum absolute atomic E-state index is 13.1. The van der Waals surface area contributed by atoms with E-state index in [1.54, 1.807) is 17.0 Å². The van der Waals surface area contributed by atoms with Crippen LogP contribution in [-0.2, 0) is 6.54 Å². The average molecular weight is 205 g/mol. The van der Waals surface area contributed by atoms with Crippen LogP contribution in [0.5, 0.6) is 0 Å². The summed E-state index contributed by atoms with van der Waals surface area (Å²) < 4.78 is 14.8. The molecule has 0 saturated carbocycles. The van der Waals surface area contributed by atoms with Gasteiger partial charge in [-0.25, -0.2) is 9.37 Å². The molecule has 78 valence electrons. The lowest BCUT2D eigenvalue weighted by Gasteiger charge is -2.05. The summed E-state index contributed by atoms with van der Waals surface area (Å²) in [4.78, 5) is 4.10. The van der Waals surface area contributed by atoms with E-state index in [1.807, 2.05) is 13.1 Å². The van der Waals surface area contributed by atoms with Crippen LogP contribution in [0, 0.1) is 12.7 Å². The average Bonchev–Trinajstić information content (AvgIpc) is 2.70. The van der Waals surface area contributed by atoms with Crippen LogP contribution in [0.4, 0.5) is 4.39 Å². The van der Waals surface area contributed by atoms with Gasteiger partial charge in [-0.2, -0.15) is 0 Å². The molecule has 2 rings (SSSR count). The molecule has 0 radical (unpaired) electrons. The Morgan fingerprint density at radius 3 is 2.93 bits per heavy atom. The van der Waals surface area contributed by atoms with E-state index in [0.29, 0.717) is 6.54 Å². The van der Waals surface area contributed by atoms with Crippen molar-refractivity contribution in [3.05, 3.63) is 47.8 Å². The molecule has 0 aliphatic rings. The molecule has 15 heavy (non-hydrogen) atoms. The van der Waals surface area contributed by atoms with E-state index in [9.17, 15) is 4.39 Å². The highest BCUT2D eigenvalue weighted by Crippen LogP contribution is 2.15. The van der Waals surface area contributed by atoms with Gasteiger partial charge in [-0.05, 0) is 24.6 Å². The highest BCUT2D eigenvalue weighted by Gasteiger charge is 2.03. The normalized spacial score (nSPS) is 10.6. The predicted octanol–water partition coefficient (Wildman–Crippen LogP) is 1.78. The Hall–Kier alpha value is -1.68. The number of aromatic nitrogens is 2. The maximum Gasteiger partial charge on any atom is 0.125 e. The topological polar surface area (TPSA) is 43.8 Å². The highest BCUT2D eigenvalue weighted by atomic mass is 19.1. The molecule has 0 aliphatic carbocycles. The summed E-state index contributed by atoms with van der Waals surface area (Å²) in [7, 11) is 0. The number of halogens is 1. The molecule has 0 fully saturated rings. The highest BCUT2D eigenvalue weighted by molar-refractivity contribution is 5.40. The minimum absolute atomic E-state index is 0.251. The Bertz CT molecular complexity index is 476. The van der Waals surface area contributed by atoms with Crippen LogP contribution in [-0.4, -0.2) is 9.55 Å². The molecule has 0 aliphatic heterocycles. The molecule has 1 aromatic heterocycles. The molecule has 0 bridgehead atoms.